The Balaban J connectivity index is 4.31. The van der Waals surface area contributed by atoms with Crippen molar-refractivity contribution in [2.24, 2.45) is 0 Å². The summed E-state index contributed by atoms with van der Waals surface area (Å²) in [5.74, 6) is -1.10. The van der Waals surface area contributed by atoms with Crippen molar-refractivity contribution < 1.29 is 19.1 Å². The van der Waals surface area contributed by atoms with Gasteiger partial charge in [-0.2, -0.15) is 0 Å². The quantitative estimate of drug-likeness (QED) is 0.481. The molecule has 5 heteroatoms. The highest BCUT2D eigenvalue weighted by Crippen LogP contribution is 2.07. The van der Waals surface area contributed by atoms with E-state index < -0.39 is 12.1 Å². The van der Waals surface area contributed by atoms with Gasteiger partial charge in [0.25, 0.3) is 0 Å². The largest absolute Gasteiger partial charge is 0.550 e. The van der Waals surface area contributed by atoms with E-state index in [1.54, 1.807) is 0 Å². The summed E-state index contributed by atoms with van der Waals surface area (Å²) in [5.41, 5.74) is 0. The second-order valence-electron chi connectivity index (χ2n) is 4.91. The normalized spacial score (nSPS) is 13.2. The molecule has 94 valence electrons. The van der Waals surface area contributed by atoms with Crippen molar-refractivity contribution in [3.8, 4) is 0 Å². The van der Waals surface area contributed by atoms with Crippen LogP contribution in [0.3, 0.4) is 0 Å². The van der Waals surface area contributed by atoms with Gasteiger partial charge in [0.05, 0.1) is 21.1 Å². The summed E-state index contributed by atoms with van der Waals surface area (Å²) in [4.78, 5) is 10.6. The predicted molar refractivity (Wildman–Crippen MR) is 64.9 cm³/mol. The Bertz CT molecular complexity index is 248. The molecule has 0 aliphatic carbocycles. The van der Waals surface area contributed by atoms with Crippen molar-refractivity contribution in [2.75, 3.05) is 27.7 Å². The number of carboxylic acids is 1. The van der Waals surface area contributed by atoms with Crippen LogP contribution >= 0.6 is 12.2 Å². The first-order chi connectivity index (χ1) is 7.24. The second-order valence-corrected chi connectivity index (χ2v) is 5.37. The van der Waals surface area contributed by atoms with Crippen LogP contribution in [0.25, 0.3) is 0 Å². The van der Waals surface area contributed by atoms with Gasteiger partial charge in [-0.15, -0.1) is 0 Å². The van der Waals surface area contributed by atoms with Crippen molar-refractivity contribution in [1.82, 2.24) is 0 Å². The molecule has 0 aromatic heterocycles. The Hall–Kier alpha value is -0.680. The van der Waals surface area contributed by atoms with Gasteiger partial charge in [-0.25, -0.2) is 0 Å². The zero-order chi connectivity index (χ0) is 12.8. The minimum atomic E-state index is -1.10. The summed E-state index contributed by atoms with van der Waals surface area (Å²) < 4.78 is 6.10. The third-order valence-electron chi connectivity index (χ3n) is 1.90. The molecule has 0 saturated carbocycles. The van der Waals surface area contributed by atoms with E-state index in [1.165, 1.54) is 0 Å². The molecule has 0 rings (SSSR count). The van der Waals surface area contributed by atoms with Crippen molar-refractivity contribution in [3.63, 3.8) is 0 Å². The molecule has 0 aromatic carbocycles. The summed E-state index contributed by atoms with van der Waals surface area (Å²) in [6.45, 7) is 2.60. The predicted octanol–water partition coefficient (Wildman–Crippen LogP) is 0.345. The Labute approximate surface area is 103 Å². The molecule has 0 bridgehead atoms. The number of aliphatic carboxylic acids is 1. The van der Waals surface area contributed by atoms with E-state index in [1.807, 2.05) is 28.1 Å². The molecule has 0 aromatic rings. The second kappa shape index (κ2) is 6.81. The zero-order valence-electron chi connectivity index (χ0n) is 10.5. The Kier molecular flexibility index (Phi) is 6.52. The molecule has 16 heavy (non-hydrogen) atoms. The summed E-state index contributed by atoms with van der Waals surface area (Å²) in [5, 5.41) is 11.1. The lowest BCUT2D eigenvalue weighted by Gasteiger charge is -2.29. The van der Waals surface area contributed by atoms with E-state index in [0.29, 0.717) is 22.5 Å². The smallest absolute Gasteiger partial charge is 0.160 e. The maximum absolute atomic E-state index is 10.6. The first kappa shape index (κ1) is 15.3. The molecule has 4 nitrogen and oxygen atoms in total. The van der Waals surface area contributed by atoms with Crippen LogP contribution < -0.4 is 5.11 Å². The number of thiocarbonyl (C=S) groups is 1. The van der Waals surface area contributed by atoms with Gasteiger partial charge in [-0.1, -0.05) is 6.92 Å². The third kappa shape index (κ3) is 8.61. The average molecular weight is 247 g/mol. The lowest BCUT2D eigenvalue weighted by Crippen LogP contribution is -2.45. The van der Waals surface area contributed by atoms with E-state index in [9.17, 15) is 9.90 Å². The number of carbonyl (C=O) groups is 1. The molecule has 1 atom stereocenters. The number of likely N-dealkylation sites (N-methyl/N-ethyl adjacent to an activating group) is 1. The summed E-state index contributed by atoms with van der Waals surface area (Å²) in [6, 6.07) is 0. The number of hydrogen-bond acceptors (Lipinski definition) is 4. The van der Waals surface area contributed by atoms with Crippen LogP contribution in [-0.4, -0.2) is 49.3 Å². The van der Waals surface area contributed by atoms with E-state index >= 15 is 0 Å². The number of hydrogen-bond donors (Lipinski definition) is 0. The molecule has 0 spiro atoms. The third-order valence-corrected chi connectivity index (χ3v) is 2.20. The fourth-order valence-corrected chi connectivity index (χ4v) is 1.73. The fourth-order valence-electron chi connectivity index (χ4n) is 1.39. The highest BCUT2D eigenvalue weighted by atomic mass is 32.1. The van der Waals surface area contributed by atoms with Gasteiger partial charge in [0.2, 0.25) is 0 Å². The minimum absolute atomic E-state index is 0.112. The minimum Gasteiger partial charge on any atom is -0.550 e. The zero-order valence-corrected chi connectivity index (χ0v) is 11.3. The topological polar surface area (TPSA) is 49.4 Å². The molecule has 0 radical (unpaired) electrons. The van der Waals surface area contributed by atoms with Crippen LogP contribution in [0.2, 0.25) is 0 Å². The Morgan fingerprint density at radius 1 is 1.44 bits per heavy atom. The number of nitrogens with zero attached hydrogens (tertiary/aromatic N) is 1. The first-order valence-electron chi connectivity index (χ1n) is 5.44. The number of carbonyl (C=O) groups excluding carboxylic acids is 1. The molecule has 0 saturated heterocycles. The summed E-state index contributed by atoms with van der Waals surface area (Å²) >= 11 is 5.03. The monoisotopic (exact) mass is 247 g/mol. The maximum atomic E-state index is 10.6. The molecule has 0 N–H and O–H groups in total. The van der Waals surface area contributed by atoms with Crippen LogP contribution in [0.1, 0.15) is 26.2 Å². The number of quaternary nitrogens is 1. The molecule has 0 aliphatic heterocycles. The van der Waals surface area contributed by atoms with Crippen LogP contribution in [-0.2, 0) is 9.53 Å². The average Bonchev–Trinajstić information content (AvgIpc) is 1.98. The van der Waals surface area contributed by atoms with Crippen LogP contribution in [0, 0.1) is 0 Å². The van der Waals surface area contributed by atoms with Gasteiger partial charge in [-0.3, -0.25) is 0 Å². The van der Waals surface area contributed by atoms with E-state index in [-0.39, 0.29) is 6.42 Å². The van der Waals surface area contributed by atoms with Crippen LogP contribution in [0.5, 0.6) is 0 Å². The molecular formula is C11H21NO3S. The summed E-state index contributed by atoms with van der Waals surface area (Å²) in [6.07, 6.45) is 1.08. The molecule has 0 amide bonds. The molecule has 0 aliphatic rings. The van der Waals surface area contributed by atoms with Gasteiger partial charge in [0.15, 0.2) is 11.2 Å². The van der Waals surface area contributed by atoms with Gasteiger partial charge in [-0.05, 0) is 18.6 Å². The number of rotatable bonds is 7. The first-order valence-corrected chi connectivity index (χ1v) is 5.85. The summed E-state index contributed by atoms with van der Waals surface area (Å²) in [7, 11) is 5.94. The van der Waals surface area contributed by atoms with E-state index in [4.69, 9.17) is 17.0 Å². The van der Waals surface area contributed by atoms with Gasteiger partial charge in [0, 0.05) is 18.8 Å². The van der Waals surface area contributed by atoms with E-state index in [2.05, 4.69) is 0 Å². The standard InChI is InChI=1S/C11H21NO3S/c1-5-6-11(16)15-9(7-10(13)14)8-12(2,3)4/h9H,5-8H2,1-4H3/t9-/m1/s1. The highest BCUT2D eigenvalue weighted by molar-refractivity contribution is 7.80. The SMILES string of the molecule is CCCC(=S)O[C@H](CC(=O)[O-])C[N+](C)(C)C. The van der Waals surface area contributed by atoms with Crippen molar-refractivity contribution in [3.05, 3.63) is 0 Å². The van der Waals surface area contributed by atoms with Crippen molar-refractivity contribution in [2.45, 2.75) is 32.3 Å². The molecule has 0 heterocycles. The van der Waals surface area contributed by atoms with Gasteiger partial charge in [0.1, 0.15) is 6.54 Å². The number of ether oxygens (including phenoxy) is 1. The van der Waals surface area contributed by atoms with Gasteiger partial charge < -0.3 is 19.1 Å². The van der Waals surface area contributed by atoms with Crippen LogP contribution in [0.4, 0.5) is 0 Å². The van der Waals surface area contributed by atoms with E-state index in [0.717, 1.165) is 6.42 Å². The molecule has 0 unspecified atom stereocenters. The fraction of sp³-hybridized carbons (Fsp3) is 0.818. The lowest BCUT2D eigenvalue weighted by atomic mass is 10.2. The lowest BCUT2D eigenvalue weighted by molar-refractivity contribution is -0.873. The molecule has 0 fully saturated rings. The Morgan fingerprint density at radius 2 is 2.00 bits per heavy atom. The maximum Gasteiger partial charge on any atom is 0.160 e. The highest BCUT2D eigenvalue weighted by Gasteiger charge is 2.20. The van der Waals surface area contributed by atoms with Gasteiger partial charge >= 0.3 is 0 Å². The Morgan fingerprint density at radius 3 is 2.38 bits per heavy atom. The number of carboxylic acid groups (broad SMARTS) is 1. The van der Waals surface area contributed by atoms with Crippen LogP contribution in [0.15, 0.2) is 0 Å². The molecular weight excluding hydrogens is 226 g/mol. The van der Waals surface area contributed by atoms with Crippen molar-refractivity contribution in [1.29, 1.82) is 0 Å². The van der Waals surface area contributed by atoms with Crippen molar-refractivity contribution >= 4 is 23.2 Å².